The number of anilines is 1. The molecular weight excluding hydrogens is 374 g/mol. The molecule has 1 aliphatic carbocycles. The lowest BCUT2D eigenvalue weighted by Crippen LogP contribution is -2.46. The topological polar surface area (TPSA) is 45.2 Å². The molecule has 2 aliphatic rings. The number of benzene rings is 1. The zero-order chi connectivity index (χ0) is 18.2. The number of carbonyl (C=O) groups is 1. The van der Waals surface area contributed by atoms with E-state index in [0.717, 1.165) is 26.8 Å². The van der Waals surface area contributed by atoms with Gasteiger partial charge in [0.05, 0.1) is 20.1 Å². The van der Waals surface area contributed by atoms with E-state index in [9.17, 15) is 4.79 Å². The number of piperidine rings is 1. The fourth-order valence-electron chi connectivity index (χ4n) is 4.17. The van der Waals surface area contributed by atoms with Crippen LogP contribution in [0.1, 0.15) is 52.7 Å². The Kier molecular flexibility index (Phi) is 4.71. The molecule has 140 valence electrons. The Morgan fingerprint density at radius 1 is 1.15 bits per heavy atom. The molecule has 2 aromatic heterocycles. The first kappa shape index (κ1) is 17.3. The number of hydrogen-bond donors (Lipinski definition) is 1. The van der Waals surface area contributed by atoms with Crippen molar-refractivity contribution < 1.29 is 4.79 Å². The summed E-state index contributed by atoms with van der Waals surface area (Å²) in [7, 11) is 0. The standard InChI is InChI=1S/C21H23N3OS2/c25-20(18-5-4-10-26-18)22-15-6-7-17-19(13-15)27-21(23-17)14-11-16(12-14)24-8-2-1-3-9-24/h4-7,10,13-14,16H,1-3,8-9,11-12H2,(H,22,25)/t14-,16+. The van der Waals surface area contributed by atoms with Gasteiger partial charge < -0.3 is 10.2 Å². The molecule has 0 unspecified atom stereocenters. The van der Waals surface area contributed by atoms with Gasteiger partial charge in [-0.05, 0) is 68.4 Å². The number of thiazole rings is 1. The van der Waals surface area contributed by atoms with E-state index in [1.807, 2.05) is 29.6 Å². The minimum atomic E-state index is -0.0440. The molecule has 1 aliphatic heterocycles. The summed E-state index contributed by atoms with van der Waals surface area (Å²) in [5, 5.41) is 6.18. The number of nitrogens with one attached hydrogen (secondary N) is 1. The zero-order valence-electron chi connectivity index (χ0n) is 15.2. The van der Waals surface area contributed by atoms with Gasteiger partial charge in [-0.1, -0.05) is 12.5 Å². The van der Waals surface area contributed by atoms with E-state index in [1.54, 1.807) is 11.3 Å². The number of aromatic nitrogens is 1. The van der Waals surface area contributed by atoms with Crippen LogP contribution in [0.2, 0.25) is 0 Å². The number of hydrogen-bond acceptors (Lipinski definition) is 5. The van der Waals surface area contributed by atoms with Crippen LogP contribution in [0.4, 0.5) is 5.69 Å². The van der Waals surface area contributed by atoms with Crippen molar-refractivity contribution in [2.45, 2.75) is 44.1 Å². The maximum absolute atomic E-state index is 12.2. The first-order valence-corrected chi connectivity index (χ1v) is 11.5. The average Bonchev–Trinajstić information content (AvgIpc) is 3.31. The molecule has 1 N–H and O–H groups in total. The van der Waals surface area contributed by atoms with Crippen LogP contribution in [0, 0.1) is 0 Å². The Labute approximate surface area is 167 Å². The fourth-order valence-corrected chi connectivity index (χ4v) is 5.92. The van der Waals surface area contributed by atoms with Crippen molar-refractivity contribution in [3.8, 4) is 0 Å². The molecule has 3 aromatic rings. The van der Waals surface area contributed by atoms with Crippen LogP contribution in [0.5, 0.6) is 0 Å². The lowest BCUT2D eigenvalue weighted by molar-refractivity contribution is 0.0888. The van der Waals surface area contributed by atoms with Crippen molar-refractivity contribution >= 4 is 44.5 Å². The molecular formula is C21H23N3OS2. The van der Waals surface area contributed by atoms with Gasteiger partial charge in [0.2, 0.25) is 0 Å². The molecule has 3 heterocycles. The number of amides is 1. The second-order valence-corrected chi connectivity index (χ2v) is 9.59. The summed E-state index contributed by atoms with van der Waals surface area (Å²) in [6.07, 6.45) is 6.63. The summed E-state index contributed by atoms with van der Waals surface area (Å²) in [5.41, 5.74) is 1.89. The van der Waals surface area contributed by atoms with Gasteiger partial charge in [0.1, 0.15) is 0 Å². The van der Waals surface area contributed by atoms with Crippen LogP contribution in [-0.2, 0) is 0 Å². The van der Waals surface area contributed by atoms with Crippen molar-refractivity contribution in [2.75, 3.05) is 18.4 Å². The van der Waals surface area contributed by atoms with Crippen molar-refractivity contribution in [3.63, 3.8) is 0 Å². The Morgan fingerprint density at radius 2 is 2.00 bits per heavy atom. The van der Waals surface area contributed by atoms with E-state index in [0.29, 0.717) is 5.92 Å². The highest BCUT2D eigenvalue weighted by Gasteiger charge is 2.36. The summed E-state index contributed by atoms with van der Waals surface area (Å²) in [4.78, 5) is 20.5. The van der Waals surface area contributed by atoms with E-state index in [4.69, 9.17) is 4.98 Å². The van der Waals surface area contributed by atoms with Crippen molar-refractivity contribution in [1.29, 1.82) is 0 Å². The highest BCUT2D eigenvalue weighted by Crippen LogP contribution is 2.43. The SMILES string of the molecule is O=C(Nc1ccc2nc([C@H]3C[C@@H](N4CCCCC4)C3)sc2c1)c1cccs1. The van der Waals surface area contributed by atoms with E-state index in [-0.39, 0.29) is 5.91 Å². The number of thiophene rings is 1. The van der Waals surface area contributed by atoms with Gasteiger partial charge in [0, 0.05) is 17.6 Å². The predicted octanol–water partition coefficient (Wildman–Crippen LogP) is 5.34. The Balaban J connectivity index is 1.26. The predicted molar refractivity (Wildman–Crippen MR) is 113 cm³/mol. The van der Waals surface area contributed by atoms with Gasteiger partial charge in [-0.3, -0.25) is 4.79 Å². The van der Waals surface area contributed by atoms with Gasteiger partial charge in [-0.15, -0.1) is 22.7 Å². The molecule has 1 aromatic carbocycles. The van der Waals surface area contributed by atoms with Crippen molar-refractivity contribution in [2.24, 2.45) is 0 Å². The molecule has 1 amide bonds. The molecule has 1 saturated heterocycles. The van der Waals surface area contributed by atoms with Gasteiger partial charge in [-0.25, -0.2) is 4.98 Å². The fraction of sp³-hybridized carbons (Fsp3) is 0.429. The van der Waals surface area contributed by atoms with Crippen LogP contribution in [0.15, 0.2) is 35.7 Å². The lowest BCUT2D eigenvalue weighted by Gasteiger charge is -2.43. The van der Waals surface area contributed by atoms with E-state index >= 15 is 0 Å². The number of nitrogens with zero attached hydrogens (tertiary/aromatic N) is 2. The molecule has 0 spiro atoms. The summed E-state index contributed by atoms with van der Waals surface area (Å²) in [5.74, 6) is 0.566. The lowest BCUT2D eigenvalue weighted by atomic mass is 9.79. The van der Waals surface area contributed by atoms with Crippen LogP contribution >= 0.6 is 22.7 Å². The van der Waals surface area contributed by atoms with E-state index in [2.05, 4.69) is 16.3 Å². The minimum absolute atomic E-state index is 0.0440. The third kappa shape index (κ3) is 3.53. The molecule has 6 heteroatoms. The molecule has 2 fully saturated rings. The zero-order valence-corrected chi connectivity index (χ0v) is 16.8. The largest absolute Gasteiger partial charge is 0.321 e. The van der Waals surface area contributed by atoms with Crippen LogP contribution in [0.25, 0.3) is 10.2 Å². The first-order valence-electron chi connectivity index (χ1n) is 9.76. The number of rotatable bonds is 4. The molecule has 27 heavy (non-hydrogen) atoms. The average molecular weight is 398 g/mol. The molecule has 0 radical (unpaired) electrons. The third-order valence-electron chi connectivity index (χ3n) is 5.78. The van der Waals surface area contributed by atoms with E-state index < -0.39 is 0 Å². The Morgan fingerprint density at radius 3 is 2.78 bits per heavy atom. The van der Waals surface area contributed by atoms with Crippen LogP contribution < -0.4 is 5.32 Å². The van der Waals surface area contributed by atoms with Crippen LogP contribution in [0.3, 0.4) is 0 Å². The highest BCUT2D eigenvalue weighted by atomic mass is 32.1. The Bertz CT molecular complexity index is 938. The quantitative estimate of drug-likeness (QED) is 0.646. The van der Waals surface area contributed by atoms with Gasteiger partial charge in [-0.2, -0.15) is 0 Å². The summed E-state index contributed by atoms with van der Waals surface area (Å²) in [6.45, 7) is 2.56. The molecule has 0 atom stereocenters. The number of carbonyl (C=O) groups excluding carboxylic acids is 1. The van der Waals surface area contributed by atoms with Gasteiger partial charge in [0.25, 0.3) is 5.91 Å². The third-order valence-corrected chi connectivity index (χ3v) is 7.83. The monoisotopic (exact) mass is 397 g/mol. The maximum Gasteiger partial charge on any atom is 0.265 e. The number of likely N-dealkylation sites (tertiary alicyclic amines) is 1. The number of fused-ring (bicyclic) bond motifs is 1. The van der Waals surface area contributed by atoms with Gasteiger partial charge >= 0.3 is 0 Å². The molecule has 0 bridgehead atoms. The summed E-state index contributed by atoms with van der Waals surface area (Å²) < 4.78 is 1.16. The molecule has 5 rings (SSSR count). The minimum Gasteiger partial charge on any atom is -0.321 e. The Hall–Kier alpha value is -1.76. The van der Waals surface area contributed by atoms with Gasteiger partial charge in [0.15, 0.2) is 0 Å². The smallest absolute Gasteiger partial charge is 0.265 e. The normalized spacial score (nSPS) is 23.3. The second kappa shape index (κ2) is 7.34. The van der Waals surface area contributed by atoms with E-state index in [1.165, 1.54) is 61.5 Å². The van der Waals surface area contributed by atoms with Crippen molar-refractivity contribution in [3.05, 3.63) is 45.6 Å². The maximum atomic E-state index is 12.2. The second-order valence-electron chi connectivity index (χ2n) is 7.58. The summed E-state index contributed by atoms with van der Waals surface area (Å²) in [6, 6.07) is 10.5. The highest BCUT2D eigenvalue weighted by molar-refractivity contribution is 7.18. The molecule has 4 nitrogen and oxygen atoms in total. The molecule has 1 saturated carbocycles. The first-order chi connectivity index (χ1) is 13.3. The van der Waals surface area contributed by atoms with Crippen molar-refractivity contribution in [1.82, 2.24) is 9.88 Å². The van der Waals surface area contributed by atoms with Crippen LogP contribution in [-0.4, -0.2) is 34.9 Å². The summed E-state index contributed by atoms with van der Waals surface area (Å²) >= 11 is 3.25.